The quantitative estimate of drug-likeness (QED) is 0.359. The Bertz CT molecular complexity index is 810. The normalized spacial score (nSPS) is 55.7. The summed E-state index contributed by atoms with van der Waals surface area (Å²) in [4.78, 5) is 0. The number of aliphatic hydroxyl groups excluding tert-OH is 1. The molecule has 5 rings (SSSR count). The highest BCUT2D eigenvalue weighted by Gasteiger charge is 2.79. The van der Waals surface area contributed by atoms with E-state index >= 15 is 0 Å². The van der Waals surface area contributed by atoms with Crippen LogP contribution in [-0.4, -0.2) is 22.4 Å². The van der Waals surface area contributed by atoms with E-state index < -0.39 is 0 Å². The predicted octanol–water partition coefficient (Wildman–Crippen LogP) is 7.69. The summed E-state index contributed by atoms with van der Waals surface area (Å²) in [6.45, 7) is 19.5. The molecule has 0 amide bonds. The first-order valence-electron chi connectivity index (χ1n) is 13.8. The van der Waals surface area contributed by atoms with Gasteiger partial charge in [0, 0.05) is 0 Å². The average molecular weight is 443 g/mol. The number of allylic oxidation sites excluding steroid dienone is 2. The number of ether oxygens (including phenoxy) is 1. The largest absolute Gasteiger partial charge is 0.393 e. The van der Waals surface area contributed by atoms with Crippen LogP contribution in [0.4, 0.5) is 0 Å². The first-order chi connectivity index (χ1) is 14.8. The molecular formula is C30H50O2. The molecule has 0 unspecified atom stereocenters. The third kappa shape index (κ3) is 2.72. The molecule has 5 aliphatic rings. The number of rotatable bonds is 3. The molecule has 4 saturated carbocycles. The van der Waals surface area contributed by atoms with Crippen LogP contribution in [0.5, 0.6) is 0 Å². The Balaban J connectivity index is 1.44. The Labute approximate surface area is 198 Å². The SMILES string of the molecule is CC(C)=CCC[C@]1(C)O[C@@]12CC[C@@]1(C)[C@H]2CC[C@H]2[C@@]3(C)CC[C@H](O)C(C)(C)[C@@H]3CC[C@@]21C. The van der Waals surface area contributed by atoms with Crippen molar-refractivity contribution in [2.75, 3.05) is 0 Å². The number of fused-ring (bicyclic) bond motifs is 6. The van der Waals surface area contributed by atoms with Gasteiger partial charge in [-0.2, -0.15) is 0 Å². The molecule has 0 aromatic carbocycles. The van der Waals surface area contributed by atoms with Crippen molar-refractivity contribution in [3.8, 4) is 0 Å². The molecule has 5 fully saturated rings. The fraction of sp³-hybridized carbons (Fsp3) is 0.933. The van der Waals surface area contributed by atoms with Gasteiger partial charge in [-0.1, -0.05) is 46.3 Å². The van der Waals surface area contributed by atoms with Crippen LogP contribution in [0, 0.1) is 39.4 Å². The summed E-state index contributed by atoms with van der Waals surface area (Å²) in [5.41, 5.74) is 2.86. The maximum absolute atomic E-state index is 10.9. The summed E-state index contributed by atoms with van der Waals surface area (Å²) >= 11 is 0. The smallest absolute Gasteiger partial charge is 0.101 e. The molecule has 1 heterocycles. The Morgan fingerprint density at radius 1 is 0.812 bits per heavy atom. The highest BCUT2D eigenvalue weighted by atomic mass is 16.6. The minimum Gasteiger partial charge on any atom is -0.393 e. The maximum atomic E-state index is 10.9. The summed E-state index contributed by atoms with van der Waals surface area (Å²) in [7, 11) is 0. The van der Waals surface area contributed by atoms with Crippen molar-refractivity contribution >= 4 is 0 Å². The van der Waals surface area contributed by atoms with Crippen LogP contribution in [0.1, 0.15) is 120 Å². The second-order valence-electron chi connectivity index (χ2n) is 14.5. The molecule has 0 bridgehead atoms. The molecule has 1 aliphatic heterocycles. The first kappa shape index (κ1) is 23.4. The second kappa shape index (κ2) is 6.87. The van der Waals surface area contributed by atoms with E-state index in [0.717, 1.165) is 24.7 Å². The molecule has 182 valence electrons. The standard InChI is InChI=1S/C30H50O2/c1-20(2)10-9-15-29(8)30(32-29)19-18-28(7)23(30)12-11-22-26(5)16-14-24(31)25(3,4)21(26)13-17-27(22,28)6/h10,21-24,31H,9,11-19H2,1-8H3/t21-,22-,23+,24-,26-,27-,28-,29-,30+/m0/s1. The summed E-state index contributed by atoms with van der Waals surface area (Å²) in [6.07, 6.45) is 14.8. The number of aliphatic hydroxyl groups is 1. The Morgan fingerprint density at radius 2 is 1.47 bits per heavy atom. The van der Waals surface area contributed by atoms with Gasteiger partial charge in [0.1, 0.15) is 5.60 Å². The molecule has 2 heteroatoms. The Morgan fingerprint density at radius 3 is 2.16 bits per heavy atom. The van der Waals surface area contributed by atoms with Crippen LogP contribution in [0.15, 0.2) is 11.6 Å². The van der Waals surface area contributed by atoms with Gasteiger partial charge in [-0.3, -0.25) is 0 Å². The second-order valence-corrected chi connectivity index (χ2v) is 14.5. The lowest BCUT2D eigenvalue weighted by molar-refractivity contribution is -0.221. The fourth-order valence-electron chi connectivity index (χ4n) is 10.8. The molecule has 1 spiro atoms. The predicted molar refractivity (Wildman–Crippen MR) is 132 cm³/mol. The summed E-state index contributed by atoms with van der Waals surface area (Å²) in [6, 6.07) is 0. The van der Waals surface area contributed by atoms with Crippen LogP contribution in [0.2, 0.25) is 0 Å². The third-order valence-corrected chi connectivity index (χ3v) is 12.9. The van der Waals surface area contributed by atoms with Gasteiger partial charge in [-0.25, -0.2) is 0 Å². The van der Waals surface area contributed by atoms with Gasteiger partial charge in [0.2, 0.25) is 0 Å². The number of epoxide rings is 1. The molecule has 0 radical (unpaired) electrons. The van der Waals surface area contributed by atoms with E-state index in [0.29, 0.717) is 22.2 Å². The topological polar surface area (TPSA) is 32.8 Å². The summed E-state index contributed by atoms with van der Waals surface area (Å²) in [5, 5.41) is 10.9. The molecule has 32 heavy (non-hydrogen) atoms. The lowest BCUT2D eigenvalue weighted by Gasteiger charge is -2.69. The minimum absolute atomic E-state index is 0.0477. The van der Waals surface area contributed by atoms with Gasteiger partial charge >= 0.3 is 0 Å². The van der Waals surface area contributed by atoms with E-state index in [4.69, 9.17) is 4.74 Å². The molecule has 0 aromatic rings. The Kier molecular flexibility index (Phi) is 5.02. The fourth-order valence-corrected chi connectivity index (χ4v) is 10.8. The van der Waals surface area contributed by atoms with E-state index in [1.807, 2.05) is 0 Å². The first-order valence-corrected chi connectivity index (χ1v) is 13.8. The number of hydrogen-bond acceptors (Lipinski definition) is 2. The molecule has 2 nitrogen and oxygen atoms in total. The van der Waals surface area contributed by atoms with Gasteiger partial charge in [0.05, 0.1) is 11.7 Å². The van der Waals surface area contributed by atoms with Crippen LogP contribution >= 0.6 is 0 Å². The van der Waals surface area contributed by atoms with Crippen molar-refractivity contribution in [1.29, 1.82) is 0 Å². The van der Waals surface area contributed by atoms with Crippen LogP contribution in [0.3, 0.4) is 0 Å². The van der Waals surface area contributed by atoms with Gasteiger partial charge in [-0.05, 0) is 124 Å². The zero-order chi connectivity index (χ0) is 23.4. The minimum atomic E-state index is -0.131. The van der Waals surface area contributed by atoms with Crippen LogP contribution < -0.4 is 0 Å². The molecule has 0 aromatic heterocycles. The zero-order valence-electron chi connectivity index (χ0n) is 22.3. The lowest BCUT2D eigenvalue weighted by Crippen LogP contribution is -2.64. The number of hydrogen-bond donors (Lipinski definition) is 1. The monoisotopic (exact) mass is 442 g/mol. The lowest BCUT2D eigenvalue weighted by atomic mass is 9.35. The van der Waals surface area contributed by atoms with Crippen molar-refractivity contribution in [1.82, 2.24) is 0 Å². The molecule has 4 aliphatic carbocycles. The average Bonchev–Trinajstić information content (AvgIpc) is 3.16. The van der Waals surface area contributed by atoms with E-state index in [9.17, 15) is 5.11 Å². The van der Waals surface area contributed by atoms with Crippen LogP contribution in [-0.2, 0) is 4.74 Å². The van der Waals surface area contributed by atoms with E-state index in [1.165, 1.54) is 56.9 Å². The summed E-state index contributed by atoms with van der Waals surface area (Å²) in [5.74, 6) is 2.15. The van der Waals surface area contributed by atoms with Gasteiger partial charge in [0.25, 0.3) is 0 Å². The van der Waals surface area contributed by atoms with Crippen molar-refractivity contribution in [2.24, 2.45) is 39.4 Å². The molecule has 1 N–H and O–H groups in total. The molecular weight excluding hydrogens is 392 g/mol. The summed E-state index contributed by atoms with van der Waals surface area (Å²) < 4.78 is 6.81. The molecule has 9 atom stereocenters. The van der Waals surface area contributed by atoms with E-state index in [2.05, 4.69) is 61.5 Å². The van der Waals surface area contributed by atoms with Gasteiger partial charge in [-0.15, -0.1) is 0 Å². The van der Waals surface area contributed by atoms with Crippen molar-refractivity contribution in [3.05, 3.63) is 11.6 Å². The highest BCUT2D eigenvalue weighted by Crippen LogP contribution is 2.79. The van der Waals surface area contributed by atoms with Gasteiger partial charge in [0.15, 0.2) is 0 Å². The van der Waals surface area contributed by atoms with E-state index in [-0.39, 0.29) is 22.7 Å². The van der Waals surface area contributed by atoms with E-state index in [1.54, 1.807) is 0 Å². The van der Waals surface area contributed by atoms with Crippen LogP contribution in [0.25, 0.3) is 0 Å². The molecule has 1 saturated heterocycles. The Hall–Kier alpha value is -0.340. The van der Waals surface area contributed by atoms with Crippen molar-refractivity contribution in [3.63, 3.8) is 0 Å². The van der Waals surface area contributed by atoms with Gasteiger partial charge < -0.3 is 9.84 Å². The third-order valence-electron chi connectivity index (χ3n) is 12.9. The zero-order valence-corrected chi connectivity index (χ0v) is 22.3. The van der Waals surface area contributed by atoms with Crippen molar-refractivity contribution in [2.45, 2.75) is 137 Å². The van der Waals surface area contributed by atoms with Crippen molar-refractivity contribution < 1.29 is 9.84 Å². The maximum Gasteiger partial charge on any atom is 0.101 e. The highest BCUT2D eigenvalue weighted by molar-refractivity contribution is 5.28.